The monoisotopic (exact) mass is 295 g/mol. The minimum Gasteiger partial charge on any atom is -0.385 e. The third-order valence-electron chi connectivity index (χ3n) is 2.97. The number of hydrogen-bond acceptors (Lipinski definition) is 5. The van der Waals surface area contributed by atoms with E-state index < -0.39 is 4.92 Å². The largest absolute Gasteiger partial charge is 0.385 e. The lowest BCUT2D eigenvalue weighted by Gasteiger charge is -2.15. The number of benzene rings is 1. The van der Waals surface area contributed by atoms with Crippen LogP contribution < -0.4 is 10.6 Å². The van der Waals surface area contributed by atoms with Gasteiger partial charge in [-0.25, -0.2) is 0 Å². The Morgan fingerprint density at radius 2 is 2.19 bits per heavy atom. The molecule has 1 rings (SSSR count). The van der Waals surface area contributed by atoms with Gasteiger partial charge in [-0.1, -0.05) is 6.07 Å². The van der Waals surface area contributed by atoms with Crippen LogP contribution in [0.1, 0.15) is 30.6 Å². The van der Waals surface area contributed by atoms with Crippen LogP contribution in [-0.2, 0) is 4.74 Å². The van der Waals surface area contributed by atoms with Gasteiger partial charge in [-0.3, -0.25) is 14.9 Å². The second kappa shape index (κ2) is 8.21. The summed E-state index contributed by atoms with van der Waals surface area (Å²) in [5.74, 6) is -0.335. The summed E-state index contributed by atoms with van der Waals surface area (Å²) in [5, 5.41) is 16.8. The normalized spacial score (nSPS) is 11.8. The number of para-hydroxylation sites is 1. The molecule has 0 saturated heterocycles. The molecule has 0 aliphatic carbocycles. The van der Waals surface area contributed by atoms with Crippen molar-refractivity contribution in [2.75, 3.05) is 25.6 Å². The molecule has 0 fully saturated rings. The van der Waals surface area contributed by atoms with E-state index in [1.54, 1.807) is 13.2 Å². The molecular weight excluding hydrogens is 274 g/mol. The van der Waals surface area contributed by atoms with Crippen LogP contribution in [0.15, 0.2) is 18.2 Å². The number of nitrogens with zero attached hydrogens (tertiary/aromatic N) is 1. The summed E-state index contributed by atoms with van der Waals surface area (Å²) in [6, 6.07) is 4.38. The van der Waals surface area contributed by atoms with Gasteiger partial charge in [0, 0.05) is 32.4 Å². The van der Waals surface area contributed by atoms with Crippen molar-refractivity contribution >= 4 is 17.3 Å². The molecule has 0 heterocycles. The predicted octanol–water partition coefficient (Wildman–Crippen LogP) is 2.18. The highest BCUT2D eigenvalue weighted by atomic mass is 16.6. The van der Waals surface area contributed by atoms with Crippen LogP contribution in [0.2, 0.25) is 0 Å². The lowest BCUT2D eigenvalue weighted by atomic mass is 10.1. The first-order valence-electron chi connectivity index (χ1n) is 6.82. The summed E-state index contributed by atoms with van der Waals surface area (Å²) in [4.78, 5) is 22.8. The number of nitrogens with one attached hydrogen (secondary N) is 2. The second-order valence-electron chi connectivity index (χ2n) is 4.64. The van der Waals surface area contributed by atoms with Gasteiger partial charge < -0.3 is 15.4 Å². The molecule has 1 amide bonds. The molecule has 1 unspecified atom stereocenters. The Balaban J connectivity index is 2.97. The topological polar surface area (TPSA) is 93.5 Å². The highest BCUT2D eigenvalue weighted by molar-refractivity contribution is 6.01. The zero-order chi connectivity index (χ0) is 15.8. The highest BCUT2D eigenvalue weighted by Gasteiger charge is 2.21. The van der Waals surface area contributed by atoms with Crippen molar-refractivity contribution in [2.45, 2.75) is 26.3 Å². The van der Waals surface area contributed by atoms with Crippen molar-refractivity contribution in [1.29, 1.82) is 0 Å². The summed E-state index contributed by atoms with van der Waals surface area (Å²) >= 11 is 0. The number of rotatable bonds is 8. The summed E-state index contributed by atoms with van der Waals surface area (Å²) in [6.07, 6.45) is 0.674. The third kappa shape index (κ3) is 4.71. The van der Waals surface area contributed by atoms with E-state index in [0.717, 1.165) is 0 Å². The first kappa shape index (κ1) is 16.9. The highest BCUT2D eigenvalue weighted by Crippen LogP contribution is 2.28. The summed E-state index contributed by atoms with van der Waals surface area (Å²) < 4.78 is 4.96. The molecule has 116 valence electrons. The summed E-state index contributed by atoms with van der Waals surface area (Å²) in [5.41, 5.74) is 0.422. The smallest absolute Gasteiger partial charge is 0.293 e. The van der Waals surface area contributed by atoms with Crippen molar-refractivity contribution in [3.05, 3.63) is 33.9 Å². The summed E-state index contributed by atoms with van der Waals surface area (Å²) in [6.45, 7) is 4.71. The Labute approximate surface area is 123 Å². The van der Waals surface area contributed by atoms with Crippen LogP contribution in [0.3, 0.4) is 0 Å². The fraction of sp³-hybridized carbons (Fsp3) is 0.500. The molecule has 7 heteroatoms. The van der Waals surface area contributed by atoms with Gasteiger partial charge in [0.25, 0.3) is 11.6 Å². The van der Waals surface area contributed by atoms with Crippen LogP contribution in [0.5, 0.6) is 0 Å². The van der Waals surface area contributed by atoms with E-state index >= 15 is 0 Å². The molecule has 21 heavy (non-hydrogen) atoms. The molecule has 0 radical (unpaired) electrons. The maximum Gasteiger partial charge on any atom is 0.293 e. The van der Waals surface area contributed by atoms with Crippen molar-refractivity contribution in [3.8, 4) is 0 Å². The van der Waals surface area contributed by atoms with E-state index in [4.69, 9.17) is 4.74 Å². The quantitative estimate of drug-likeness (QED) is 0.566. The first-order chi connectivity index (χ1) is 10.0. The van der Waals surface area contributed by atoms with Crippen LogP contribution in [-0.4, -0.2) is 37.1 Å². The second-order valence-corrected chi connectivity index (χ2v) is 4.64. The fourth-order valence-electron chi connectivity index (χ4n) is 1.91. The lowest BCUT2D eigenvalue weighted by molar-refractivity contribution is -0.384. The van der Waals surface area contributed by atoms with E-state index in [1.165, 1.54) is 12.1 Å². The fourth-order valence-corrected chi connectivity index (χ4v) is 1.91. The zero-order valence-electron chi connectivity index (χ0n) is 12.5. The SMILES string of the molecule is CCNc1c(C(=O)NC(C)CCOC)cccc1[N+](=O)[O-]. The Morgan fingerprint density at radius 1 is 1.48 bits per heavy atom. The van der Waals surface area contributed by atoms with Crippen molar-refractivity contribution in [1.82, 2.24) is 5.32 Å². The van der Waals surface area contributed by atoms with Gasteiger partial charge >= 0.3 is 0 Å². The minimum absolute atomic E-state index is 0.0776. The Morgan fingerprint density at radius 3 is 2.76 bits per heavy atom. The predicted molar refractivity (Wildman–Crippen MR) is 80.7 cm³/mol. The van der Waals surface area contributed by atoms with Gasteiger partial charge in [-0.05, 0) is 26.3 Å². The maximum absolute atomic E-state index is 12.3. The molecule has 0 aromatic heterocycles. The number of amides is 1. The number of nitro groups is 1. The van der Waals surface area contributed by atoms with Crippen LogP contribution in [0, 0.1) is 10.1 Å². The third-order valence-corrected chi connectivity index (χ3v) is 2.97. The van der Waals surface area contributed by atoms with Crippen molar-refractivity contribution < 1.29 is 14.5 Å². The Hall–Kier alpha value is -2.15. The van der Waals surface area contributed by atoms with Gasteiger partial charge in [-0.15, -0.1) is 0 Å². The molecule has 2 N–H and O–H groups in total. The number of methoxy groups -OCH3 is 1. The van der Waals surface area contributed by atoms with Gasteiger partial charge in [0.2, 0.25) is 0 Å². The van der Waals surface area contributed by atoms with E-state index in [2.05, 4.69) is 10.6 Å². The number of carbonyl (C=O) groups excluding carboxylic acids is 1. The molecule has 0 spiro atoms. The molecule has 0 aliphatic heterocycles. The van der Waals surface area contributed by atoms with Crippen molar-refractivity contribution in [3.63, 3.8) is 0 Å². The molecule has 1 aromatic rings. The average Bonchev–Trinajstić information content (AvgIpc) is 2.45. The molecule has 0 aliphatic rings. The van der Waals surface area contributed by atoms with Crippen molar-refractivity contribution in [2.24, 2.45) is 0 Å². The van der Waals surface area contributed by atoms with Gasteiger partial charge in [0.05, 0.1) is 10.5 Å². The number of hydrogen-bond donors (Lipinski definition) is 2. The van der Waals surface area contributed by atoms with Crippen LogP contribution >= 0.6 is 0 Å². The maximum atomic E-state index is 12.3. The average molecular weight is 295 g/mol. The molecule has 0 saturated carbocycles. The van der Waals surface area contributed by atoms with Gasteiger partial charge in [0.1, 0.15) is 5.69 Å². The number of anilines is 1. The van der Waals surface area contributed by atoms with E-state index in [1.807, 2.05) is 13.8 Å². The van der Waals surface area contributed by atoms with Gasteiger partial charge in [0.15, 0.2) is 0 Å². The molecule has 1 aromatic carbocycles. The van der Waals surface area contributed by atoms with Crippen LogP contribution in [0.25, 0.3) is 0 Å². The first-order valence-corrected chi connectivity index (χ1v) is 6.82. The Kier molecular flexibility index (Phi) is 6.61. The van der Waals surface area contributed by atoms with Gasteiger partial charge in [-0.2, -0.15) is 0 Å². The van der Waals surface area contributed by atoms with E-state index in [0.29, 0.717) is 19.6 Å². The molecule has 7 nitrogen and oxygen atoms in total. The molecular formula is C14H21N3O4. The molecule has 0 bridgehead atoms. The zero-order valence-corrected chi connectivity index (χ0v) is 12.5. The number of ether oxygens (including phenoxy) is 1. The summed E-state index contributed by atoms with van der Waals surface area (Å²) in [7, 11) is 1.60. The van der Waals surface area contributed by atoms with E-state index in [-0.39, 0.29) is 28.9 Å². The minimum atomic E-state index is -0.497. The Bertz CT molecular complexity index is 505. The van der Waals surface area contributed by atoms with Crippen LogP contribution in [0.4, 0.5) is 11.4 Å². The lowest BCUT2D eigenvalue weighted by Crippen LogP contribution is -2.33. The number of nitro benzene ring substituents is 1. The number of carbonyl (C=O) groups is 1. The molecule has 1 atom stereocenters. The standard InChI is InChI=1S/C14H21N3O4/c1-4-15-13-11(6-5-7-12(13)17(19)20)14(18)16-10(2)8-9-21-3/h5-7,10,15H,4,8-9H2,1-3H3,(H,16,18). The van der Waals surface area contributed by atoms with E-state index in [9.17, 15) is 14.9 Å².